The molecule has 0 aromatic carbocycles. The molecule has 0 amide bonds. The largest absolute Gasteiger partial charge is 0.393 e. The summed E-state index contributed by atoms with van der Waals surface area (Å²) in [6, 6.07) is 1.98. The number of aliphatic hydroxyl groups excluding tert-OH is 1. The summed E-state index contributed by atoms with van der Waals surface area (Å²) in [6.45, 7) is 1.62. The summed E-state index contributed by atoms with van der Waals surface area (Å²) >= 11 is 1.62. The van der Waals surface area contributed by atoms with E-state index in [0.717, 1.165) is 24.9 Å². The molecule has 102 valence electrons. The first-order chi connectivity index (χ1) is 9.20. The normalized spacial score (nSPS) is 22.7. The Kier molecular flexibility index (Phi) is 3.63. The summed E-state index contributed by atoms with van der Waals surface area (Å²) < 4.78 is 5.27. The van der Waals surface area contributed by atoms with E-state index in [0.29, 0.717) is 24.2 Å². The second-order valence-electron chi connectivity index (χ2n) is 5.21. The van der Waals surface area contributed by atoms with Crippen LogP contribution in [0.4, 0.5) is 0 Å². The molecule has 19 heavy (non-hydrogen) atoms. The maximum absolute atomic E-state index is 9.27. The molecule has 3 rings (SSSR count). The number of aliphatic hydroxyl groups is 1. The molecule has 1 N–H and O–H groups in total. The third-order valence-corrected chi connectivity index (χ3v) is 4.12. The van der Waals surface area contributed by atoms with Crippen molar-refractivity contribution in [2.24, 2.45) is 5.92 Å². The minimum atomic E-state index is -0.0907. The van der Waals surface area contributed by atoms with E-state index in [4.69, 9.17) is 4.52 Å². The molecular formula is C13H17N3O2S. The van der Waals surface area contributed by atoms with Crippen molar-refractivity contribution in [3.63, 3.8) is 0 Å². The van der Waals surface area contributed by atoms with Gasteiger partial charge in [0, 0.05) is 17.5 Å². The van der Waals surface area contributed by atoms with Gasteiger partial charge < -0.3 is 9.63 Å². The minimum Gasteiger partial charge on any atom is -0.393 e. The molecule has 0 radical (unpaired) electrons. The van der Waals surface area contributed by atoms with E-state index in [2.05, 4.69) is 15.0 Å². The Morgan fingerprint density at radius 1 is 1.53 bits per heavy atom. The molecule has 1 aliphatic rings. The van der Waals surface area contributed by atoms with Crippen LogP contribution in [0.2, 0.25) is 0 Å². The zero-order chi connectivity index (χ0) is 13.2. The van der Waals surface area contributed by atoms with E-state index in [1.807, 2.05) is 23.9 Å². The van der Waals surface area contributed by atoms with Gasteiger partial charge in [-0.2, -0.15) is 16.3 Å². The fraction of sp³-hybridized carbons (Fsp3) is 0.538. The second kappa shape index (κ2) is 5.40. The molecular weight excluding hydrogens is 262 g/mol. The topological polar surface area (TPSA) is 62.4 Å². The highest BCUT2D eigenvalue weighted by atomic mass is 32.1. The monoisotopic (exact) mass is 279 g/mol. The maximum Gasteiger partial charge on any atom is 0.241 e. The van der Waals surface area contributed by atoms with Crippen LogP contribution >= 0.6 is 11.3 Å². The molecule has 0 unspecified atom stereocenters. The van der Waals surface area contributed by atoms with Crippen LogP contribution in [-0.2, 0) is 6.54 Å². The number of hydrogen-bond acceptors (Lipinski definition) is 6. The van der Waals surface area contributed by atoms with Gasteiger partial charge in [0.1, 0.15) is 0 Å². The summed E-state index contributed by atoms with van der Waals surface area (Å²) in [4.78, 5) is 6.56. The molecule has 0 bridgehead atoms. The van der Waals surface area contributed by atoms with Gasteiger partial charge >= 0.3 is 0 Å². The molecule has 0 spiro atoms. The first-order valence-corrected chi connectivity index (χ1v) is 7.37. The number of thiophene rings is 1. The van der Waals surface area contributed by atoms with Gasteiger partial charge in [-0.05, 0) is 37.3 Å². The van der Waals surface area contributed by atoms with E-state index in [9.17, 15) is 5.11 Å². The van der Waals surface area contributed by atoms with Crippen molar-refractivity contribution in [1.82, 2.24) is 15.0 Å². The van der Waals surface area contributed by atoms with Gasteiger partial charge in [0.15, 0.2) is 0 Å². The standard InChI is InChI=1S/C13H17N3O2S/c1-16(6-9-4-11(17)5-9)7-12-14-13(15-18-12)10-2-3-19-8-10/h2-3,8-9,11,17H,4-7H2,1H3. The van der Waals surface area contributed by atoms with Crippen molar-refractivity contribution in [2.45, 2.75) is 25.5 Å². The van der Waals surface area contributed by atoms with Crippen LogP contribution in [0.25, 0.3) is 11.4 Å². The Labute approximate surface area is 115 Å². The van der Waals surface area contributed by atoms with Gasteiger partial charge in [-0.3, -0.25) is 4.90 Å². The molecule has 0 aliphatic heterocycles. The Morgan fingerprint density at radius 2 is 2.37 bits per heavy atom. The summed E-state index contributed by atoms with van der Waals surface area (Å²) in [5.41, 5.74) is 1.00. The number of nitrogens with zero attached hydrogens (tertiary/aromatic N) is 3. The van der Waals surface area contributed by atoms with E-state index in [-0.39, 0.29) is 6.10 Å². The van der Waals surface area contributed by atoms with Gasteiger partial charge in [-0.1, -0.05) is 5.16 Å². The molecule has 2 heterocycles. The van der Waals surface area contributed by atoms with Crippen LogP contribution < -0.4 is 0 Å². The van der Waals surface area contributed by atoms with E-state index in [1.54, 1.807) is 11.3 Å². The Bertz CT molecular complexity index is 520. The van der Waals surface area contributed by atoms with Crippen LogP contribution in [-0.4, -0.2) is 39.8 Å². The predicted molar refractivity (Wildman–Crippen MR) is 72.7 cm³/mol. The molecule has 2 aromatic heterocycles. The van der Waals surface area contributed by atoms with E-state index >= 15 is 0 Å². The molecule has 1 aliphatic carbocycles. The van der Waals surface area contributed by atoms with Crippen molar-refractivity contribution in [2.75, 3.05) is 13.6 Å². The Hall–Kier alpha value is -1.24. The number of hydrogen-bond donors (Lipinski definition) is 1. The zero-order valence-electron chi connectivity index (χ0n) is 10.8. The first kappa shape index (κ1) is 12.8. The van der Waals surface area contributed by atoms with E-state index < -0.39 is 0 Å². The summed E-state index contributed by atoms with van der Waals surface area (Å²) in [6.07, 6.45) is 1.73. The molecule has 5 nitrogen and oxygen atoms in total. The third kappa shape index (κ3) is 3.02. The van der Waals surface area contributed by atoms with Gasteiger partial charge in [0.25, 0.3) is 0 Å². The van der Waals surface area contributed by atoms with Crippen molar-refractivity contribution in [3.05, 3.63) is 22.7 Å². The van der Waals surface area contributed by atoms with Crippen molar-refractivity contribution >= 4 is 11.3 Å². The summed E-state index contributed by atoms with van der Waals surface area (Å²) in [7, 11) is 2.04. The molecule has 6 heteroatoms. The van der Waals surface area contributed by atoms with Crippen molar-refractivity contribution < 1.29 is 9.63 Å². The number of aromatic nitrogens is 2. The first-order valence-electron chi connectivity index (χ1n) is 6.42. The molecule has 0 atom stereocenters. The molecule has 2 aromatic rings. The smallest absolute Gasteiger partial charge is 0.241 e. The number of rotatable bonds is 5. The highest BCUT2D eigenvalue weighted by Crippen LogP contribution is 2.28. The van der Waals surface area contributed by atoms with Crippen LogP contribution in [0.1, 0.15) is 18.7 Å². The molecule has 1 fully saturated rings. The summed E-state index contributed by atoms with van der Waals surface area (Å²) in [5.74, 6) is 1.89. The fourth-order valence-electron chi connectivity index (χ4n) is 2.41. The highest BCUT2D eigenvalue weighted by molar-refractivity contribution is 7.08. The Balaban J connectivity index is 1.55. The lowest BCUT2D eigenvalue weighted by atomic mass is 9.82. The van der Waals surface area contributed by atoms with Crippen LogP contribution in [0.15, 0.2) is 21.3 Å². The lowest BCUT2D eigenvalue weighted by Gasteiger charge is -2.34. The van der Waals surface area contributed by atoms with Gasteiger partial charge in [-0.15, -0.1) is 0 Å². The lowest BCUT2D eigenvalue weighted by Crippen LogP contribution is -2.36. The average Bonchev–Trinajstić information content (AvgIpc) is 2.96. The highest BCUT2D eigenvalue weighted by Gasteiger charge is 2.28. The van der Waals surface area contributed by atoms with E-state index in [1.165, 1.54) is 0 Å². The molecule has 1 saturated carbocycles. The molecule has 0 saturated heterocycles. The average molecular weight is 279 g/mol. The van der Waals surface area contributed by atoms with Crippen LogP contribution in [0, 0.1) is 5.92 Å². The van der Waals surface area contributed by atoms with Gasteiger partial charge in [-0.25, -0.2) is 0 Å². The van der Waals surface area contributed by atoms with Crippen LogP contribution in [0.5, 0.6) is 0 Å². The van der Waals surface area contributed by atoms with Gasteiger partial charge in [0.05, 0.1) is 12.6 Å². The quantitative estimate of drug-likeness (QED) is 0.907. The Morgan fingerprint density at radius 3 is 3.05 bits per heavy atom. The third-order valence-electron chi connectivity index (χ3n) is 3.43. The SMILES string of the molecule is CN(Cc1nc(-c2ccsc2)no1)CC1CC(O)C1. The van der Waals surface area contributed by atoms with Crippen molar-refractivity contribution in [3.8, 4) is 11.4 Å². The fourth-order valence-corrected chi connectivity index (χ4v) is 3.05. The maximum atomic E-state index is 9.27. The zero-order valence-corrected chi connectivity index (χ0v) is 11.6. The predicted octanol–water partition coefficient (Wildman–Crippen LogP) is 2.00. The minimum absolute atomic E-state index is 0.0907. The van der Waals surface area contributed by atoms with Gasteiger partial charge in [0.2, 0.25) is 11.7 Å². The second-order valence-corrected chi connectivity index (χ2v) is 5.99. The lowest BCUT2D eigenvalue weighted by molar-refractivity contribution is 0.0261. The van der Waals surface area contributed by atoms with Crippen molar-refractivity contribution in [1.29, 1.82) is 0 Å². The van der Waals surface area contributed by atoms with Crippen LogP contribution in [0.3, 0.4) is 0 Å². The summed E-state index contributed by atoms with van der Waals surface area (Å²) in [5, 5.41) is 17.3.